The summed E-state index contributed by atoms with van der Waals surface area (Å²) >= 11 is 1.57. The predicted molar refractivity (Wildman–Crippen MR) is 97.4 cm³/mol. The van der Waals surface area contributed by atoms with Crippen LogP contribution in [0.4, 0.5) is 16.5 Å². The van der Waals surface area contributed by atoms with Crippen LogP contribution < -0.4 is 10.6 Å². The van der Waals surface area contributed by atoms with Gasteiger partial charge in [0, 0.05) is 11.1 Å². The van der Waals surface area contributed by atoms with E-state index in [4.69, 9.17) is 0 Å². The van der Waals surface area contributed by atoms with Crippen molar-refractivity contribution in [1.29, 1.82) is 0 Å². The lowest BCUT2D eigenvalue weighted by molar-refractivity contribution is -0.123. The Morgan fingerprint density at radius 2 is 1.78 bits per heavy atom. The topological polar surface area (TPSA) is 54.0 Å². The fourth-order valence-corrected chi connectivity index (χ4v) is 2.97. The highest BCUT2D eigenvalue weighted by molar-refractivity contribution is 7.22. The number of carbonyl (C=O) groups is 1. The van der Waals surface area contributed by atoms with Crippen LogP contribution in [0, 0.1) is 5.41 Å². The van der Waals surface area contributed by atoms with Gasteiger partial charge in [0.1, 0.15) is 5.52 Å². The molecule has 0 radical (unpaired) electrons. The molecule has 0 bridgehead atoms. The number of nitrogens with zero attached hydrogens (tertiary/aromatic N) is 1. The van der Waals surface area contributed by atoms with E-state index in [1.165, 1.54) is 0 Å². The minimum absolute atomic E-state index is 0.0180. The molecule has 0 unspecified atom stereocenters. The number of aromatic nitrogens is 1. The number of para-hydroxylation sites is 2. The van der Waals surface area contributed by atoms with Crippen LogP contribution >= 0.6 is 11.3 Å². The lowest BCUT2D eigenvalue weighted by atomic mass is 9.95. The molecule has 0 saturated carbocycles. The molecule has 118 valence electrons. The summed E-state index contributed by atoms with van der Waals surface area (Å²) in [6.07, 6.45) is 0. The maximum atomic E-state index is 12.2. The van der Waals surface area contributed by atoms with Gasteiger partial charge in [-0.25, -0.2) is 4.98 Å². The standard InChI is InChI=1S/C18H19N3OS/c1-18(2,3)16(22)20-13-10-7-11-14-15(13)21-17(23-14)19-12-8-5-4-6-9-12/h4-11H,1-3H3,(H,19,21)(H,20,22). The highest BCUT2D eigenvalue weighted by Gasteiger charge is 2.22. The molecule has 5 heteroatoms. The first-order valence-corrected chi connectivity index (χ1v) is 8.28. The second-order valence-electron chi connectivity index (χ2n) is 6.37. The average molecular weight is 325 g/mol. The second-order valence-corrected chi connectivity index (χ2v) is 7.40. The third-order valence-electron chi connectivity index (χ3n) is 3.37. The molecule has 0 aliphatic carbocycles. The third kappa shape index (κ3) is 3.51. The van der Waals surface area contributed by atoms with E-state index in [0.29, 0.717) is 0 Å². The van der Waals surface area contributed by atoms with Gasteiger partial charge in [-0.05, 0) is 24.3 Å². The molecular formula is C18H19N3OS. The first kappa shape index (κ1) is 15.5. The number of benzene rings is 2. The predicted octanol–water partition coefficient (Wildman–Crippen LogP) is 5.02. The zero-order valence-corrected chi connectivity index (χ0v) is 14.2. The highest BCUT2D eigenvalue weighted by Crippen LogP contribution is 2.33. The Kier molecular flexibility index (Phi) is 4.05. The molecule has 1 heterocycles. The van der Waals surface area contributed by atoms with E-state index < -0.39 is 5.41 Å². The molecule has 3 rings (SSSR count). The van der Waals surface area contributed by atoms with Crippen LogP contribution in [-0.4, -0.2) is 10.9 Å². The average Bonchev–Trinajstić information content (AvgIpc) is 2.90. The van der Waals surface area contributed by atoms with Crippen molar-refractivity contribution >= 4 is 44.0 Å². The van der Waals surface area contributed by atoms with Gasteiger partial charge < -0.3 is 10.6 Å². The van der Waals surface area contributed by atoms with Gasteiger partial charge in [0.25, 0.3) is 0 Å². The number of carbonyl (C=O) groups excluding carboxylic acids is 1. The first-order chi connectivity index (χ1) is 10.9. The van der Waals surface area contributed by atoms with Gasteiger partial charge in [-0.3, -0.25) is 4.79 Å². The van der Waals surface area contributed by atoms with Crippen molar-refractivity contribution in [3.8, 4) is 0 Å². The van der Waals surface area contributed by atoms with Gasteiger partial charge in [-0.1, -0.05) is 56.4 Å². The number of thiazole rings is 1. The van der Waals surface area contributed by atoms with Crippen LogP contribution in [0.1, 0.15) is 20.8 Å². The molecule has 4 nitrogen and oxygen atoms in total. The molecule has 0 saturated heterocycles. The smallest absolute Gasteiger partial charge is 0.229 e. The summed E-state index contributed by atoms with van der Waals surface area (Å²) in [7, 11) is 0. The number of amides is 1. The van der Waals surface area contributed by atoms with Gasteiger partial charge in [-0.2, -0.15) is 0 Å². The van der Waals surface area contributed by atoms with E-state index in [9.17, 15) is 4.79 Å². The second kappa shape index (κ2) is 6.01. The minimum Gasteiger partial charge on any atom is -0.332 e. The van der Waals surface area contributed by atoms with Crippen LogP contribution in [0.3, 0.4) is 0 Å². The molecule has 0 spiro atoms. The maximum absolute atomic E-state index is 12.2. The summed E-state index contributed by atoms with van der Waals surface area (Å²) in [5.41, 5.74) is 2.11. The summed E-state index contributed by atoms with van der Waals surface area (Å²) in [5, 5.41) is 7.09. The lowest BCUT2D eigenvalue weighted by Gasteiger charge is -2.17. The van der Waals surface area contributed by atoms with E-state index in [1.54, 1.807) is 11.3 Å². The van der Waals surface area contributed by atoms with Crippen molar-refractivity contribution in [1.82, 2.24) is 4.98 Å². The van der Waals surface area contributed by atoms with Gasteiger partial charge in [0.05, 0.1) is 10.4 Å². The number of rotatable bonds is 3. The number of hydrogen-bond donors (Lipinski definition) is 2. The summed E-state index contributed by atoms with van der Waals surface area (Å²) in [6, 6.07) is 15.8. The summed E-state index contributed by atoms with van der Waals surface area (Å²) in [4.78, 5) is 16.9. The number of anilines is 3. The molecule has 2 N–H and O–H groups in total. The molecule has 23 heavy (non-hydrogen) atoms. The molecule has 0 fully saturated rings. The molecule has 1 amide bonds. The van der Waals surface area contributed by atoms with Crippen LogP contribution in [0.15, 0.2) is 48.5 Å². The largest absolute Gasteiger partial charge is 0.332 e. The zero-order chi connectivity index (χ0) is 16.4. The van der Waals surface area contributed by atoms with Crippen LogP contribution in [0.25, 0.3) is 10.2 Å². The Hall–Kier alpha value is -2.40. The van der Waals surface area contributed by atoms with Crippen molar-refractivity contribution in [2.75, 3.05) is 10.6 Å². The Bertz CT molecular complexity index is 834. The van der Waals surface area contributed by atoms with Crippen molar-refractivity contribution in [3.05, 3.63) is 48.5 Å². The fourth-order valence-electron chi connectivity index (χ4n) is 2.06. The molecule has 1 aromatic heterocycles. The Labute approximate surface area is 139 Å². The number of nitrogens with one attached hydrogen (secondary N) is 2. The monoisotopic (exact) mass is 325 g/mol. The van der Waals surface area contributed by atoms with Crippen LogP contribution in [0.5, 0.6) is 0 Å². The van der Waals surface area contributed by atoms with Crippen molar-refractivity contribution in [2.24, 2.45) is 5.41 Å². The molecular weight excluding hydrogens is 306 g/mol. The van der Waals surface area contributed by atoms with E-state index in [0.717, 1.165) is 26.7 Å². The van der Waals surface area contributed by atoms with Crippen molar-refractivity contribution in [2.45, 2.75) is 20.8 Å². The Morgan fingerprint density at radius 3 is 2.48 bits per heavy atom. The van der Waals surface area contributed by atoms with Crippen molar-refractivity contribution in [3.63, 3.8) is 0 Å². The molecule has 0 aliphatic rings. The Balaban J connectivity index is 1.91. The van der Waals surface area contributed by atoms with Gasteiger partial charge >= 0.3 is 0 Å². The number of fused-ring (bicyclic) bond motifs is 1. The lowest BCUT2D eigenvalue weighted by Crippen LogP contribution is -2.27. The number of hydrogen-bond acceptors (Lipinski definition) is 4. The fraction of sp³-hybridized carbons (Fsp3) is 0.222. The van der Waals surface area contributed by atoms with Crippen molar-refractivity contribution < 1.29 is 4.79 Å². The minimum atomic E-state index is -0.441. The molecule has 0 atom stereocenters. The van der Waals surface area contributed by atoms with E-state index in [-0.39, 0.29) is 5.91 Å². The summed E-state index contributed by atoms with van der Waals surface area (Å²) in [6.45, 7) is 5.68. The van der Waals surface area contributed by atoms with E-state index in [1.807, 2.05) is 69.3 Å². The molecule has 2 aromatic carbocycles. The van der Waals surface area contributed by atoms with E-state index >= 15 is 0 Å². The summed E-state index contributed by atoms with van der Waals surface area (Å²) < 4.78 is 1.04. The van der Waals surface area contributed by atoms with Crippen LogP contribution in [0.2, 0.25) is 0 Å². The summed E-state index contributed by atoms with van der Waals surface area (Å²) in [5.74, 6) is -0.0180. The Morgan fingerprint density at radius 1 is 1.04 bits per heavy atom. The highest BCUT2D eigenvalue weighted by atomic mass is 32.1. The van der Waals surface area contributed by atoms with Gasteiger partial charge in [0.15, 0.2) is 5.13 Å². The normalized spacial score (nSPS) is 11.4. The van der Waals surface area contributed by atoms with E-state index in [2.05, 4.69) is 15.6 Å². The van der Waals surface area contributed by atoms with Gasteiger partial charge in [-0.15, -0.1) is 0 Å². The molecule has 0 aliphatic heterocycles. The quantitative estimate of drug-likeness (QED) is 0.710. The SMILES string of the molecule is CC(C)(C)C(=O)Nc1cccc2sc(Nc3ccccc3)nc12. The van der Waals surface area contributed by atoms with Gasteiger partial charge in [0.2, 0.25) is 5.91 Å². The third-order valence-corrected chi connectivity index (χ3v) is 4.31. The first-order valence-electron chi connectivity index (χ1n) is 7.46. The van der Waals surface area contributed by atoms with Crippen LogP contribution in [-0.2, 0) is 4.79 Å². The molecule has 3 aromatic rings. The zero-order valence-electron chi connectivity index (χ0n) is 13.4. The maximum Gasteiger partial charge on any atom is 0.229 e.